The normalized spacial score (nSPS) is 20.0. The molecule has 0 spiro atoms. The van der Waals surface area contributed by atoms with Crippen LogP contribution in [0.2, 0.25) is 0 Å². The van der Waals surface area contributed by atoms with Crippen LogP contribution in [0, 0.1) is 0 Å². The number of likely N-dealkylation sites (tertiary alicyclic amines) is 2. The van der Waals surface area contributed by atoms with E-state index in [-0.39, 0.29) is 17.7 Å². The topological polar surface area (TPSA) is 69.7 Å². The van der Waals surface area contributed by atoms with Crippen LogP contribution in [0.15, 0.2) is 72.8 Å². The van der Waals surface area contributed by atoms with Gasteiger partial charge in [-0.3, -0.25) is 14.4 Å². The van der Waals surface area contributed by atoms with Crippen molar-refractivity contribution in [2.45, 2.75) is 44.3 Å². The second-order valence-corrected chi connectivity index (χ2v) is 9.08. The summed E-state index contributed by atoms with van der Waals surface area (Å²) in [5.41, 5.74) is 1.64. The molecule has 0 bridgehead atoms. The maximum Gasteiger partial charge on any atom is 0.255 e. The third kappa shape index (κ3) is 4.28. The van der Waals surface area contributed by atoms with Gasteiger partial charge in [-0.25, -0.2) is 0 Å². The first-order chi connectivity index (χ1) is 16.6. The number of rotatable bonds is 5. The first-order valence-electron chi connectivity index (χ1n) is 12.0. The third-order valence-corrected chi connectivity index (χ3v) is 6.97. The molecule has 2 saturated heterocycles. The highest BCUT2D eigenvalue weighted by Gasteiger charge is 2.42. The van der Waals surface area contributed by atoms with E-state index in [1.807, 2.05) is 72.8 Å². The molecule has 0 saturated carbocycles. The van der Waals surface area contributed by atoms with Gasteiger partial charge in [-0.05, 0) is 48.1 Å². The molecule has 3 amide bonds. The Bertz CT molecular complexity index is 1200. The largest absolute Gasteiger partial charge is 0.350 e. The molecule has 6 nitrogen and oxygen atoms in total. The number of amides is 3. The lowest BCUT2D eigenvalue weighted by atomic mass is 10.0. The number of nitrogens with zero attached hydrogens (tertiary/aromatic N) is 2. The molecule has 3 aromatic carbocycles. The highest BCUT2D eigenvalue weighted by molar-refractivity contribution is 6.08. The summed E-state index contributed by atoms with van der Waals surface area (Å²) in [6, 6.07) is 22.3. The number of carbonyl (C=O) groups excluding carboxylic acids is 3. The number of benzene rings is 3. The van der Waals surface area contributed by atoms with Crippen LogP contribution < -0.4 is 5.32 Å². The molecule has 2 aliphatic rings. The Morgan fingerprint density at radius 2 is 1.44 bits per heavy atom. The molecular formula is C28H29N3O3. The second-order valence-electron chi connectivity index (χ2n) is 9.08. The minimum atomic E-state index is -0.519. The number of carbonyl (C=O) groups is 3. The Balaban J connectivity index is 1.31. The van der Waals surface area contributed by atoms with Crippen molar-refractivity contribution in [1.29, 1.82) is 0 Å². The van der Waals surface area contributed by atoms with E-state index < -0.39 is 12.1 Å². The maximum absolute atomic E-state index is 13.6. The number of fused-ring (bicyclic) bond motifs is 1. The van der Waals surface area contributed by atoms with Gasteiger partial charge < -0.3 is 15.1 Å². The van der Waals surface area contributed by atoms with Crippen molar-refractivity contribution in [2.75, 3.05) is 13.1 Å². The summed E-state index contributed by atoms with van der Waals surface area (Å²) in [6.45, 7) is 1.54. The smallest absolute Gasteiger partial charge is 0.255 e. The number of hydrogen-bond acceptors (Lipinski definition) is 3. The molecule has 0 radical (unpaired) electrons. The predicted octanol–water partition coefficient (Wildman–Crippen LogP) is 3.75. The summed E-state index contributed by atoms with van der Waals surface area (Å²) in [5, 5.41) is 4.88. The molecular weight excluding hydrogens is 426 g/mol. The van der Waals surface area contributed by atoms with Gasteiger partial charge in [0.05, 0.1) is 0 Å². The van der Waals surface area contributed by atoms with Crippen LogP contribution in [-0.4, -0.2) is 52.7 Å². The van der Waals surface area contributed by atoms with E-state index in [0.29, 0.717) is 38.0 Å². The molecule has 2 aliphatic heterocycles. The van der Waals surface area contributed by atoms with Gasteiger partial charge in [-0.2, -0.15) is 0 Å². The van der Waals surface area contributed by atoms with Crippen LogP contribution in [0.5, 0.6) is 0 Å². The summed E-state index contributed by atoms with van der Waals surface area (Å²) in [6.07, 6.45) is 2.85. The number of hydrogen-bond donors (Lipinski definition) is 1. The van der Waals surface area contributed by atoms with Crippen LogP contribution in [0.3, 0.4) is 0 Å². The van der Waals surface area contributed by atoms with Gasteiger partial charge in [0.25, 0.3) is 5.91 Å². The van der Waals surface area contributed by atoms with E-state index in [0.717, 1.165) is 29.2 Å². The van der Waals surface area contributed by atoms with Crippen molar-refractivity contribution in [3.8, 4) is 0 Å². The first kappa shape index (κ1) is 22.1. The van der Waals surface area contributed by atoms with E-state index in [4.69, 9.17) is 0 Å². The Hall–Kier alpha value is -3.67. The summed E-state index contributed by atoms with van der Waals surface area (Å²) >= 11 is 0. The van der Waals surface area contributed by atoms with Gasteiger partial charge in [0.15, 0.2) is 0 Å². The Labute approximate surface area is 199 Å². The van der Waals surface area contributed by atoms with Crippen LogP contribution in [-0.2, 0) is 16.1 Å². The van der Waals surface area contributed by atoms with Crippen molar-refractivity contribution in [3.05, 3.63) is 83.9 Å². The first-order valence-corrected chi connectivity index (χ1v) is 12.0. The lowest BCUT2D eigenvalue weighted by Crippen LogP contribution is -2.52. The maximum atomic E-state index is 13.6. The Kier molecular flexibility index (Phi) is 6.30. The van der Waals surface area contributed by atoms with E-state index in [1.165, 1.54) is 0 Å². The summed E-state index contributed by atoms with van der Waals surface area (Å²) in [7, 11) is 0. The Morgan fingerprint density at radius 1 is 0.765 bits per heavy atom. The minimum Gasteiger partial charge on any atom is -0.350 e. The van der Waals surface area contributed by atoms with Crippen LogP contribution in [0.1, 0.15) is 41.6 Å². The van der Waals surface area contributed by atoms with E-state index >= 15 is 0 Å². The summed E-state index contributed by atoms with van der Waals surface area (Å²) < 4.78 is 0. The van der Waals surface area contributed by atoms with Gasteiger partial charge in [0, 0.05) is 25.2 Å². The van der Waals surface area contributed by atoms with Gasteiger partial charge in [0.1, 0.15) is 12.1 Å². The zero-order valence-corrected chi connectivity index (χ0v) is 19.2. The summed E-state index contributed by atoms with van der Waals surface area (Å²) in [4.78, 5) is 43.5. The van der Waals surface area contributed by atoms with Gasteiger partial charge in [0.2, 0.25) is 11.8 Å². The Morgan fingerprint density at radius 3 is 2.26 bits per heavy atom. The molecule has 2 fully saturated rings. The molecule has 6 heteroatoms. The molecule has 5 rings (SSSR count). The highest BCUT2D eigenvalue weighted by atomic mass is 16.2. The molecule has 34 heavy (non-hydrogen) atoms. The van der Waals surface area contributed by atoms with Crippen molar-refractivity contribution in [2.24, 2.45) is 0 Å². The van der Waals surface area contributed by atoms with Crippen molar-refractivity contribution in [3.63, 3.8) is 0 Å². The van der Waals surface area contributed by atoms with Crippen molar-refractivity contribution in [1.82, 2.24) is 15.1 Å². The molecule has 3 aromatic rings. The van der Waals surface area contributed by atoms with Gasteiger partial charge in [-0.15, -0.1) is 0 Å². The average Bonchev–Trinajstić information content (AvgIpc) is 3.57. The van der Waals surface area contributed by atoms with E-state index in [1.54, 1.807) is 9.80 Å². The van der Waals surface area contributed by atoms with Gasteiger partial charge >= 0.3 is 0 Å². The standard InChI is InChI=1S/C28H29N3O3/c32-26(29-19-20-9-2-1-3-10-20)24-15-7-17-30(24)28(34)25-16-8-18-31(25)27(33)23-14-6-12-21-11-4-5-13-22(21)23/h1-6,9-14,24-25H,7-8,15-19H2,(H,29,32)/t24-,25-/m1/s1. The molecule has 0 aliphatic carbocycles. The zero-order chi connectivity index (χ0) is 23.5. The van der Waals surface area contributed by atoms with E-state index in [2.05, 4.69) is 5.32 Å². The average molecular weight is 456 g/mol. The van der Waals surface area contributed by atoms with Gasteiger partial charge in [-0.1, -0.05) is 66.7 Å². The fraction of sp³-hybridized carbons (Fsp3) is 0.321. The predicted molar refractivity (Wildman–Crippen MR) is 131 cm³/mol. The molecule has 2 heterocycles. The molecule has 0 unspecified atom stereocenters. The van der Waals surface area contributed by atoms with Crippen LogP contribution in [0.25, 0.3) is 10.8 Å². The molecule has 1 N–H and O–H groups in total. The second kappa shape index (κ2) is 9.67. The van der Waals surface area contributed by atoms with Crippen LogP contribution in [0.4, 0.5) is 0 Å². The monoisotopic (exact) mass is 455 g/mol. The molecule has 174 valence electrons. The van der Waals surface area contributed by atoms with Crippen LogP contribution >= 0.6 is 0 Å². The minimum absolute atomic E-state index is 0.108. The fourth-order valence-corrected chi connectivity index (χ4v) is 5.23. The van der Waals surface area contributed by atoms with E-state index in [9.17, 15) is 14.4 Å². The van der Waals surface area contributed by atoms with Crippen molar-refractivity contribution >= 4 is 28.5 Å². The third-order valence-electron chi connectivity index (χ3n) is 6.97. The lowest BCUT2D eigenvalue weighted by Gasteiger charge is -2.31. The molecule has 2 atom stereocenters. The lowest BCUT2D eigenvalue weighted by molar-refractivity contribution is -0.141. The van der Waals surface area contributed by atoms with Crippen molar-refractivity contribution < 1.29 is 14.4 Å². The summed E-state index contributed by atoms with van der Waals surface area (Å²) in [5.74, 6) is -0.347. The molecule has 0 aromatic heterocycles. The highest BCUT2D eigenvalue weighted by Crippen LogP contribution is 2.28. The SMILES string of the molecule is O=C(NCc1ccccc1)[C@H]1CCCN1C(=O)[C@H]1CCCN1C(=O)c1cccc2ccccc12. The zero-order valence-electron chi connectivity index (χ0n) is 19.2. The number of nitrogens with one attached hydrogen (secondary N) is 1. The quantitative estimate of drug-likeness (QED) is 0.637. The fourth-order valence-electron chi connectivity index (χ4n) is 5.23.